The predicted octanol–water partition coefficient (Wildman–Crippen LogP) is 5.00. The number of carbonyl (C=O) groups is 2. The van der Waals surface area contributed by atoms with Gasteiger partial charge in [-0.25, -0.2) is 4.39 Å². The smallest absolute Gasteiger partial charge is 0.242 e. The molecule has 0 aromatic heterocycles. The van der Waals surface area contributed by atoms with Gasteiger partial charge in [0, 0.05) is 19.0 Å². The van der Waals surface area contributed by atoms with Gasteiger partial charge in [-0.1, -0.05) is 57.2 Å². The number of aryl methyl sites for hydroxylation is 1. The van der Waals surface area contributed by atoms with E-state index in [0.29, 0.717) is 12.8 Å². The van der Waals surface area contributed by atoms with Crippen LogP contribution >= 0.6 is 0 Å². The minimum absolute atomic E-state index is 0.0148. The van der Waals surface area contributed by atoms with E-state index in [1.54, 1.807) is 24.0 Å². The van der Waals surface area contributed by atoms with Gasteiger partial charge >= 0.3 is 0 Å². The predicted molar refractivity (Wildman–Crippen MR) is 123 cm³/mol. The van der Waals surface area contributed by atoms with Gasteiger partial charge in [0.15, 0.2) is 0 Å². The maximum absolute atomic E-state index is 13.3. The minimum Gasteiger partial charge on any atom is -0.352 e. The molecule has 0 aliphatic heterocycles. The number of rotatable bonds is 8. The third-order valence-corrected chi connectivity index (χ3v) is 5.31. The zero-order valence-electron chi connectivity index (χ0n) is 19.5. The molecule has 0 aliphatic carbocycles. The number of benzene rings is 2. The Bertz CT molecular complexity index is 868. The number of hydrogen-bond acceptors (Lipinski definition) is 2. The molecule has 2 rings (SSSR count). The zero-order chi connectivity index (χ0) is 23.2. The van der Waals surface area contributed by atoms with Crippen LogP contribution in [-0.2, 0) is 28.0 Å². The fourth-order valence-electron chi connectivity index (χ4n) is 3.34. The van der Waals surface area contributed by atoms with Gasteiger partial charge in [0.25, 0.3) is 0 Å². The Kier molecular flexibility index (Phi) is 8.37. The van der Waals surface area contributed by atoms with Gasteiger partial charge < -0.3 is 10.2 Å². The normalized spacial score (nSPS) is 12.5. The first-order valence-corrected chi connectivity index (χ1v) is 10.9. The van der Waals surface area contributed by atoms with Crippen LogP contribution in [0.1, 0.15) is 64.7 Å². The van der Waals surface area contributed by atoms with E-state index in [0.717, 1.165) is 11.1 Å². The summed E-state index contributed by atoms with van der Waals surface area (Å²) < 4.78 is 13.3. The van der Waals surface area contributed by atoms with Crippen molar-refractivity contribution in [1.29, 1.82) is 0 Å². The van der Waals surface area contributed by atoms with Crippen LogP contribution in [0.25, 0.3) is 0 Å². The molecule has 0 saturated carbocycles. The molecule has 1 N–H and O–H groups in total. The fourth-order valence-corrected chi connectivity index (χ4v) is 3.34. The summed E-state index contributed by atoms with van der Waals surface area (Å²) in [7, 11) is 0. The molecule has 0 saturated heterocycles. The quantitative estimate of drug-likeness (QED) is 0.646. The monoisotopic (exact) mass is 426 g/mol. The van der Waals surface area contributed by atoms with Gasteiger partial charge in [0.05, 0.1) is 0 Å². The Morgan fingerprint density at radius 2 is 1.48 bits per heavy atom. The average Bonchev–Trinajstić information content (AvgIpc) is 2.70. The van der Waals surface area contributed by atoms with E-state index < -0.39 is 6.04 Å². The third-order valence-electron chi connectivity index (χ3n) is 5.31. The summed E-state index contributed by atoms with van der Waals surface area (Å²) in [4.78, 5) is 27.3. The van der Waals surface area contributed by atoms with Crippen molar-refractivity contribution in [3.8, 4) is 0 Å². The van der Waals surface area contributed by atoms with Crippen LogP contribution in [0.3, 0.4) is 0 Å². The standard InChI is InChI=1S/C26H35FN2O2/c1-18(2)28-25(31)19(3)29(17-21-9-14-23(27)15-10-21)24(30)16-11-20-7-12-22(13-8-20)26(4,5)6/h7-10,12-15,18-19H,11,16-17H2,1-6H3,(H,28,31)/t19-/m0/s1. The van der Waals surface area contributed by atoms with Gasteiger partial charge in [0.1, 0.15) is 11.9 Å². The molecule has 0 radical (unpaired) electrons. The van der Waals surface area contributed by atoms with Crippen molar-refractivity contribution < 1.29 is 14.0 Å². The number of nitrogens with one attached hydrogen (secondary N) is 1. The molecule has 168 valence electrons. The van der Waals surface area contributed by atoms with Crippen LogP contribution in [0.4, 0.5) is 4.39 Å². The lowest BCUT2D eigenvalue weighted by Gasteiger charge is -2.29. The van der Waals surface area contributed by atoms with Crippen molar-refractivity contribution in [3.63, 3.8) is 0 Å². The van der Waals surface area contributed by atoms with Crippen LogP contribution in [0.2, 0.25) is 0 Å². The summed E-state index contributed by atoms with van der Waals surface area (Å²) in [6.07, 6.45) is 0.900. The van der Waals surface area contributed by atoms with Crippen LogP contribution in [-0.4, -0.2) is 28.8 Å². The first-order chi connectivity index (χ1) is 14.5. The molecule has 0 aliphatic rings. The molecule has 4 nitrogen and oxygen atoms in total. The van der Waals surface area contributed by atoms with E-state index in [1.165, 1.54) is 17.7 Å². The van der Waals surface area contributed by atoms with Crippen molar-refractivity contribution in [2.24, 2.45) is 0 Å². The fraction of sp³-hybridized carbons (Fsp3) is 0.462. The molecule has 2 aromatic carbocycles. The second-order valence-electron chi connectivity index (χ2n) is 9.43. The Morgan fingerprint density at radius 1 is 0.935 bits per heavy atom. The molecule has 0 unspecified atom stereocenters. The van der Waals surface area contributed by atoms with E-state index >= 15 is 0 Å². The number of hydrogen-bond donors (Lipinski definition) is 1. The second-order valence-corrected chi connectivity index (χ2v) is 9.43. The van der Waals surface area contributed by atoms with Crippen molar-refractivity contribution in [2.75, 3.05) is 0 Å². The van der Waals surface area contributed by atoms with E-state index in [-0.39, 0.29) is 35.6 Å². The lowest BCUT2D eigenvalue weighted by atomic mass is 9.86. The summed E-state index contributed by atoms with van der Waals surface area (Å²) in [6.45, 7) is 12.3. The highest BCUT2D eigenvalue weighted by molar-refractivity contribution is 5.87. The van der Waals surface area contributed by atoms with Gasteiger partial charge in [-0.05, 0) is 61.4 Å². The summed E-state index contributed by atoms with van der Waals surface area (Å²) >= 11 is 0. The molecule has 0 bridgehead atoms. The molecule has 5 heteroatoms. The average molecular weight is 427 g/mol. The van der Waals surface area contributed by atoms with Gasteiger partial charge in [0.2, 0.25) is 11.8 Å². The molecule has 31 heavy (non-hydrogen) atoms. The SMILES string of the molecule is CC(C)NC(=O)[C@H](C)N(Cc1ccc(F)cc1)C(=O)CCc1ccc(C(C)(C)C)cc1. The minimum atomic E-state index is -0.622. The summed E-state index contributed by atoms with van der Waals surface area (Å²) in [5, 5.41) is 2.87. The maximum atomic E-state index is 13.3. The lowest BCUT2D eigenvalue weighted by molar-refractivity contribution is -0.140. The van der Waals surface area contributed by atoms with Crippen LogP contribution in [0, 0.1) is 5.82 Å². The Morgan fingerprint density at radius 3 is 2.00 bits per heavy atom. The van der Waals surface area contributed by atoms with E-state index in [4.69, 9.17) is 0 Å². The highest BCUT2D eigenvalue weighted by Crippen LogP contribution is 2.22. The van der Waals surface area contributed by atoms with Crippen LogP contribution in [0.15, 0.2) is 48.5 Å². The van der Waals surface area contributed by atoms with Crippen LogP contribution in [0.5, 0.6) is 0 Å². The van der Waals surface area contributed by atoms with E-state index in [1.807, 2.05) is 13.8 Å². The Hall–Kier alpha value is -2.69. The van der Waals surface area contributed by atoms with Crippen LogP contribution < -0.4 is 5.32 Å². The molecular weight excluding hydrogens is 391 g/mol. The van der Waals surface area contributed by atoms with Gasteiger partial charge in [-0.2, -0.15) is 0 Å². The van der Waals surface area contributed by atoms with Crippen molar-refractivity contribution in [2.45, 2.75) is 78.4 Å². The summed E-state index contributed by atoms with van der Waals surface area (Å²) in [5.74, 6) is -0.624. The molecule has 0 heterocycles. The van der Waals surface area contributed by atoms with Crippen molar-refractivity contribution >= 4 is 11.8 Å². The summed E-state index contributed by atoms with van der Waals surface area (Å²) in [6, 6.07) is 13.7. The highest BCUT2D eigenvalue weighted by atomic mass is 19.1. The number of amides is 2. The largest absolute Gasteiger partial charge is 0.352 e. The number of halogens is 1. The second kappa shape index (κ2) is 10.6. The zero-order valence-corrected chi connectivity index (χ0v) is 19.5. The molecule has 2 amide bonds. The Labute approximate surface area is 185 Å². The highest BCUT2D eigenvalue weighted by Gasteiger charge is 2.26. The molecule has 1 atom stereocenters. The lowest BCUT2D eigenvalue weighted by Crippen LogP contribution is -2.49. The van der Waals surface area contributed by atoms with Crippen molar-refractivity contribution in [1.82, 2.24) is 10.2 Å². The summed E-state index contributed by atoms with van der Waals surface area (Å²) in [5.41, 5.74) is 3.20. The van der Waals surface area contributed by atoms with E-state index in [2.05, 4.69) is 50.4 Å². The first-order valence-electron chi connectivity index (χ1n) is 10.9. The molecular formula is C26H35FN2O2. The number of nitrogens with zero attached hydrogens (tertiary/aromatic N) is 1. The number of carbonyl (C=O) groups excluding carboxylic acids is 2. The molecule has 2 aromatic rings. The van der Waals surface area contributed by atoms with Gasteiger partial charge in [-0.15, -0.1) is 0 Å². The topological polar surface area (TPSA) is 49.4 Å². The first kappa shape index (κ1) is 24.6. The van der Waals surface area contributed by atoms with Gasteiger partial charge in [-0.3, -0.25) is 9.59 Å². The third kappa shape index (κ3) is 7.50. The maximum Gasteiger partial charge on any atom is 0.242 e. The molecule has 0 fully saturated rings. The van der Waals surface area contributed by atoms with Crippen molar-refractivity contribution in [3.05, 3.63) is 71.0 Å². The Balaban J connectivity index is 2.12. The van der Waals surface area contributed by atoms with E-state index in [9.17, 15) is 14.0 Å². The molecule has 0 spiro atoms.